The first-order valence-corrected chi connectivity index (χ1v) is 10.7. The molecular weight excluding hydrogens is 458 g/mol. The van der Waals surface area contributed by atoms with Crippen LogP contribution in [0.2, 0.25) is 0 Å². The number of hydrogen-bond donors (Lipinski definition) is 1. The molecule has 35 heavy (non-hydrogen) atoms. The molecule has 0 bridgehead atoms. The van der Waals surface area contributed by atoms with E-state index in [0.717, 1.165) is 6.07 Å². The molecular formula is C26H20F2N2O5. The largest absolute Gasteiger partial charge is 0.490 e. The van der Waals surface area contributed by atoms with Crippen molar-refractivity contribution >= 4 is 29.6 Å². The summed E-state index contributed by atoms with van der Waals surface area (Å²) >= 11 is 0. The molecule has 1 fully saturated rings. The van der Waals surface area contributed by atoms with Gasteiger partial charge in [-0.1, -0.05) is 30.3 Å². The van der Waals surface area contributed by atoms with Gasteiger partial charge in [-0.25, -0.2) is 18.5 Å². The molecule has 0 radical (unpaired) electrons. The van der Waals surface area contributed by atoms with E-state index in [1.807, 2.05) is 0 Å². The zero-order valence-corrected chi connectivity index (χ0v) is 18.6. The average molecular weight is 478 g/mol. The second-order valence-electron chi connectivity index (χ2n) is 7.47. The van der Waals surface area contributed by atoms with Gasteiger partial charge >= 0.3 is 6.03 Å². The standard InChI is InChI=1S/C26H20F2N2O5/c1-2-34-23-14-16(10-11-22(23)35-15-17-6-5-7-18(27)12-17)13-19-24(31)29-26(33)30(25(19)32)21-9-4-3-8-20(21)28/h3-14H,2,15H2,1H3,(H,29,31,33). The number of hydrogen-bond acceptors (Lipinski definition) is 5. The fourth-order valence-electron chi connectivity index (χ4n) is 3.47. The zero-order chi connectivity index (χ0) is 24.9. The predicted molar refractivity (Wildman–Crippen MR) is 124 cm³/mol. The molecule has 3 aromatic rings. The second-order valence-corrected chi connectivity index (χ2v) is 7.47. The summed E-state index contributed by atoms with van der Waals surface area (Å²) in [6.07, 6.45) is 1.27. The van der Waals surface area contributed by atoms with Crippen LogP contribution in [0.1, 0.15) is 18.1 Å². The molecule has 4 rings (SSSR count). The SMILES string of the molecule is CCOc1cc(C=C2C(=O)NC(=O)N(c3ccccc3F)C2=O)ccc1OCc1cccc(F)c1. The molecule has 0 spiro atoms. The third-order valence-electron chi connectivity index (χ3n) is 5.06. The molecule has 1 aliphatic rings. The number of barbiturate groups is 1. The van der Waals surface area contributed by atoms with Gasteiger partial charge in [0.25, 0.3) is 11.8 Å². The highest BCUT2D eigenvalue weighted by atomic mass is 19.1. The van der Waals surface area contributed by atoms with Crippen LogP contribution in [0.4, 0.5) is 19.3 Å². The summed E-state index contributed by atoms with van der Waals surface area (Å²) in [6, 6.07) is 14.9. The van der Waals surface area contributed by atoms with Crippen molar-refractivity contribution in [3.8, 4) is 11.5 Å². The van der Waals surface area contributed by atoms with Crippen molar-refractivity contribution in [2.75, 3.05) is 11.5 Å². The maximum absolute atomic E-state index is 14.2. The molecule has 0 aromatic heterocycles. The van der Waals surface area contributed by atoms with Gasteiger partial charge in [-0.05, 0) is 60.5 Å². The number of carbonyl (C=O) groups excluding carboxylic acids is 3. The van der Waals surface area contributed by atoms with E-state index in [1.54, 1.807) is 37.3 Å². The average Bonchev–Trinajstić information content (AvgIpc) is 2.82. The Balaban J connectivity index is 1.62. The Morgan fingerprint density at radius 3 is 2.46 bits per heavy atom. The van der Waals surface area contributed by atoms with E-state index in [0.29, 0.717) is 34.1 Å². The van der Waals surface area contributed by atoms with Crippen LogP contribution in [0, 0.1) is 11.6 Å². The van der Waals surface area contributed by atoms with Crippen molar-refractivity contribution in [3.63, 3.8) is 0 Å². The normalized spacial score (nSPS) is 14.8. The first-order valence-electron chi connectivity index (χ1n) is 10.7. The van der Waals surface area contributed by atoms with Gasteiger partial charge in [0.2, 0.25) is 0 Å². The molecule has 1 heterocycles. The smallest absolute Gasteiger partial charge is 0.336 e. The van der Waals surface area contributed by atoms with Crippen molar-refractivity contribution in [1.82, 2.24) is 5.32 Å². The Morgan fingerprint density at radius 1 is 0.914 bits per heavy atom. The van der Waals surface area contributed by atoms with E-state index in [4.69, 9.17) is 9.47 Å². The summed E-state index contributed by atoms with van der Waals surface area (Å²) in [7, 11) is 0. The van der Waals surface area contributed by atoms with E-state index in [-0.39, 0.29) is 23.7 Å². The van der Waals surface area contributed by atoms with Gasteiger partial charge in [-0.2, -0.15) is 0 Å². The first kappa shape index (κ1) is 23.6. The van der Waals surface area contributed by atoms with Gasteiger partial charge in [0, 0.05) is 0 Å². The van der Waals surface area contributed by atoms with E-state index >= 15 is 0 Å². The summed E-state index contributed by atoms with van der Waals surface area (Å²) < 4.78 is 39.1. The maximum Gasteiger partial charge on any atom is 0.336 e. The summed E-state index contributed by atoms with van der Waals surface area (Å²) in [4.78, 5) is 38.3. The van der Waals surface area contributed by atoms with Crippen LogP contribution in [0.5, 0.6) is 11.5 Å². The summed E-state index contributed by atoms with van der Waals surface area (Å²) in [6.45, 7) is 2.18. The molecule has 1 saturated heterocycles. The lowest BCUT2D eigenvalue weighted by Gasteiger charge is -2.26. The number of ether oxygens (including phenoxy) is 2. The molecule has 0 saturated carbocycles. The maximum atomic E-state index is 14.2. The Kier molecular flexibility index (Phi) is 6.86. The lowest BCUT2D eigenvalue weighted by atomic mass is 10.1. The molecule has 178 valence electrons. The molecule has 1 aliphatic heterocycles. The number of nitrogens with zero attached hydrogens (tertiary/aromatic N) is 1. The third kappa shape index (κ3) is 5.19. The van der Waals surface area contributed by atoms with Crippen LogP contribution < -0.4 is 19.7 Å². The van der Waals surface area contributed by atoms with Gasteiger partial charge in [0.05, 0.1) is 12.3 Å². The minimum Gasteiger partial charge on any atom is -0.490 e. The fraction of sp³-hybridized carbons (Fsp3) is 0.115. The van der Waals surface area contributed by atoms with Crippen LogP contribution in [0.25, 0.3) is 6.08 Å². The van der Waals surface area contributed by atoms with Crippen LogP contribution in [-0.4, -0.2) is 24.5 Å². The van der Waals surface area contributed by atoms with Gasteiger partial charge in [0.1, 0.15) is 23.8 Å². The van der Waals surface area contributed by atoms with Gasteiger partial charge < -0.3 is 9.47 Å². The zero-order valence-electron chi connectivity index (χ0n) is 18.6. The molecule has 0 unspecified atom stereocenters. The first-order chi connectivity index (χ1) is 16.9. The molecule has 7 nitrogen and oxygen atoms in total. The lowest BCUT2D eigenvalue weighted by molar-refractivity contribution is -0.122. The number of amides is 4. The highest BCUT2D eigenvalue weighted by Gasteiger charge is 2.38. The molecule has 1 N–H and O–H groups in total. The topological polar surface area (TPSA) is 84.9 Å². The second kappa shape index (κ2) is 10.2. The predicted octanol–water partition coefficient (Wildman–Crippen LogP) is 4.61. The van der Waals surface area contributed by atoms with Crippen LogP contribution >= 0.6 is 0 Å². The van der Waals surface area contributed by atoms with Crippen LogP contribution in [0.3, 0.4) is 0 Å². The highest BCUT2D eigenvalue weighted by molar-refractivity contribution is 6.39. The number of carbonyl (C=O) groups is 3. The quantitative estimate of drug-likeness (QED) is 0.396. The number of halogens is 2. The number of urea groups is 1. The number of para-hydroxylation sites is 1. The Labute approximate surface area is 199 Å². The molecule has 0 atom stereocenters. The number of benzene rings is 3. The van der Waals surface area contributed by atoms with Gasteiger partial charge in [-0.3, -0.25) is 14.9 Å². The van der Waals surface area contributed by atoms with E-state index in [9.17, 15) is 23.2 Å². The number of rotatable bonds is 7. The summed E-state index contributed by atoms with van der Waals surface area (Å²) in [5.74, 6) is -2.32. The van der Waals surface area contributed by atoms with E-state index in [1.165, 1.54) is 36.4 Å². The minimum atomic E-state index is -1.04. The third-order valence-corrected chi connectivity index (χ3v) is 5.06. The van der Waals surface area contributed by atoms with Crippen LogP contribution in [0.15, 0.2) is 72.3 Å². The van der Waals surface area contributed by atoms with Crippen LogP contribution in [-0.2, 0) is 16.2 Å². The highest BCUT2D eigenvalue weighted by Crippen LogP contribution is 2.31. The molecule has 9 heteroatoms. The van der Waals surface area contributed by atoms with Gasteiger partial charge in [0.15, 0.2) is 11.5 Å². The van der Waals surface area contributed by atoms with E-state index < -0.39 is 23.7 Å². The minimum absolute atomic E-state index is 0.0961. The van der Waals surface area contributed by atoms with Crippen molar-refractivity contribution in [2.24, 2.45) is 0 Å². The van der Waals surface area contributed by atoms with Crippen molar-refractivity contribution < 1.29 is 32.6 Å². The Morgan fingerprint density at radius 2 is 1.71 bits per heavy atom. The fourth-order valence-corrected chi connectivity index (χ4v) is 3.47. The van der Waals surface area contributed by atoms with E-state index in [2.05, 4.69) is 5.32 Å². The van der Waals surface area contributed by atoms with Gasteiger partial charge in [-0.15, -0.1) is 0 Å². The molecule has 3 aromatic carbocycles. The number of imide groups is 2. The summed E-state index contributed by atoms with van der Waals surface area (Å²) in [5.41, 5.74) is 0.405. The molecule has 4 amide bonds. The Hall–Kier alpha value is -4.53. The van der Waals surface area contributed by atoms with Crippen molar-refractivity contribution in [2.45, 2.75) is 13.5 Å². The number of anilines is 1. The summed E-state index contributed by atoms with van der Waals surface area (Å²) in [5, 5.41) is 2.06. The van der Waals surface area contributed by atoms with Crippen molar-refractivity contribution in [1.29, 1.82) is 0 Å². The monoisotopic (exact) mass is 478 g/mol. The van der Waals surface area contributed by atoms with Crippen molar-refractivity contribution in [3.05, 3.63) is 95.1 Å². The lowest BCUT2D eigenvalue weighted by Crippen LogP contribution is -2.54. The molecule has 0 aliphatic carbocycles. The Bertz CT molecular complexity index is 1340. The number of nitrogens with one attached hydrogen (secondary N) is 1.